The molecule has 1 rings (SSSR count). The van der Waals surface area contributed by atoms with Crippen LogP contribution in [0.2, 0.25) is 0 Å². The number of carbonyl (C=O) groups excluding carboxylic acids is 2. The molecule has 0 unspecified atom stereocenters. The van der Waals surface area contributed by atoms with E-state index in [1.807, 2.05) is 18.4 Å². The van der Waals surface area contributed by atoms with Gasteiger partial charge in [-0.2, -0.15) is 0 Å². The number of benzene rings is 1. The Bertz CT molecular complexity index is 572. The smallest absolute Gasteiger partial charge is 0.242 e. The number of likely N-dealkylation sites (N-methyl/N-ethyl adjacent to an activating group) is 1. The van der Waals surface area contributed by atoms with Crippen LogP contribution in [0.3, 0.4) is 0 Å². The van der Waals surface area contributed by atoms with Gasteiger partial charge in [-0.3, -0.25) is 9.59 Å². The average Bonchev–Trinajstić information content (AvgIpc) is 2.58. The standard InChI is InChI=1S/C15H23N3O4S.ClH/c1-18(15(20)8-17-14(19)7-16)9-10-5-11(21-2)12(22-3)6-13(10)23-4;/h5-6H,7-9,16H2,1-4H3,(H,17,19);1H. The number of thioether (sulfide) groups is 1. The highest BCUT2D eigenvalue weighted by molar-refractivity contribution is 7.98. The molecule has 0 aliphatic carbocycles. The molecule has 0 aromatic heterocycles. The van der Waals surface area contributed by atoms with Gasteiger partial charge in [0.05, 0.1) is 27.3 Å². The molecule has 1 aromatic carbocycles. The molecule has 0 heterocycles. The lowest BCUT2D eigenvalue weighted by Gasteiger charge is -2.20. The van der Waals surface area contributed by atoms with Gasteiger partial charge >= 0.3 is 0 Å². The fourth-order valence-electron chi connectivity index (χ4n) is 1.94. The molecule has 7 nitrogen and oxygen atoms in total. The summed E-state index contributed by atoms with van der Waals surface area (Å²) in [5, 5.41) is 2.46. The third-order valence-corrected chi connectivity index (χ3v) is 4.06. The molecule has 0 spiro atoms. The summed E-state index contributed by atoms with van der Waals surface area (Å²) in [4.78, 5) is 25.7. The first-order valence-electron chi connectivity index (χ1n) is 6.96. The number of carbonyl (C=O) groups is 2. The number of nitrogens with one attached hydrogen (secondary N) is 1. The molecule has 0 atom stereocenters. The van der Waals surface area contributed by atoms with Crippen LogP contribution in [0.1, 0.15) is 5.56 Å². The lowest BCUT2D eigenvalue weighted by molar-refractivity contribution is -0.131. The van der Waals surface area contributed by atoms with Crippen LogP contribution in [-0.2, 0) is 16.1 Å². The van der Waals surface area contributed by atoms with E-state index in [9.17, 15) is 9.59 Å². The predicted molar refractivity (Wildman–Crippen MR) is 97.1 cm³/mol. The van der Waals surface area contributed by atoms with Crippen molar-refractivity contribution in [3.05, 3.63) is 17.7 Å². The summed E-state index contributed by atoms with van der Waals surface area (Å²) < 4.78 is 10.6. The maximum absolute atomic E-state index is 12.1. The molecule has 0 radical (unpaired) electrons. The Morgan fingerprint density at radius 1 is 1.25 bits per heavy atom. The third-order valence-electron chi connectivity index (χ3n) is 3.24. The molecule has 0 saturated heterocycles. The summed E-state index contributed by atoms with van der Waals surface area (Å²) in [5.74, 6) is 0.693. The number of methoxy groups -OCH3 is 2. The Labute approximate surface area is 152 Å². The zero-order chi connectivity index (χ0) is 17.4. The number of halogens is 1. The monoisotopic (exact) mass is 377 g/mol. The number of hydrogen-bond donors (Lipinski definition) is 2. The summed E-state index contributed by atoms with van der Waals surface area (Å²) in [5.41, 5.74) is 6.13. The third kappa shape index (κ3) is 6.10. The van der Waals surface area contributed by atoms with Crippen LogP contribution < -0.4 is 20.5 Å². The van der Waals surface area contributed by atoms with Gasteiger partial charge in [-0.25, -0.2) is 0 Å². The molecular weight excluding hydrogens is 354 g/mol. The van der Waals surface area contributed by atoms with Crippen molar-refractivity contribution in [3.8, 4) is 11.5 Å². The van der Waals surface area contributed by atoms with E-state index in [-0.39, 0.29) is 37.3 Å². The SMILES string of the molecule is COc1cc(CN(C)C(=O)CNC(=O)CN)c(SC)cc1OC.Cl. The molecule has 2 amide bonds. The van der Waals surface area contributed by atoms with Gasteiger partial charge in [-0.05, 0) is 24.0 Å². The minimum absolute atomic E-state index is 0. The van der Waals surface area contributed by atoms with Crippen LogP contribution >= 0.6 is 24.2 Å². The first kappa shape index (κ1) is 22.4. The van der Waals surface area contributed by atoms with Crippen molar-refractivity contribution < 1.29 is 19.1 Å². The molecule has 9 heteroatoms. The summed E-state index contributed by atoms with van der Waals surface area (Å²) in [6.45, 7) is 0.186. The molecule has 0 aliphatic rings. The first-order valence-corrected chi connectivity index (χ1v) is 8.18. The van der Waals surface area contributed by atoms with Crippen LogP contribution in [-0.4, -0.2) is 57.3 Å². The van der Waals surface area contributed by atoms with Crippen LogP contribution in [0.25, 0.3) is 0 Å². The summed E-state index contributed by atoms with van der Waals surface area (Å²) in [7, 11) is 4.83. The van der Waals surface area contributed by atoms with Gasteiger partial charge in [-0.15, -0.1) is 24.2 Å². The second-order valence-corrected chi connectivity index (χ2v) is 5.60. The highest BCUT2D eigenvalue weighted by Gasteiger charge is 2.15. The number of nitrogens with two attached hydrogens (primary N) is 1. The van der Waals surface area contributed by atoms with E-state index in [1.54, 1.807) is 33.0 Å². The fraction of sp³-hybridized carbons (Fsp3) is 0.467. The van der Waals surface area contributed by atoms with E-state index in [2.05, 4.69) is 5.32 Å². The predicted octanol–water partition coefficient (Wildman–Crippen LogP) is 0.881. The maximum Gasteiger partial charge on any atom is 0.242 e. The number of amides is 2. The van der Waals surface area contributed by atoms with E-state index in [0.717, 1.165) is 10.5 Å². The van der Waals surface area contributed by atoms with E-state index in [0.29, 0.717) is 18.0 Å². The molecule has 24 heavy (non-hydrogen) atoms. The molecule has 0 saturated carbocycles. The Hall–Kier alpha value is -1.64. The first-order chi connectivity index (χ1) is 11.0. The Balaban J connectivity index is 0.00000529. The van der Waals surface area contributed by atoms with Crippen molar-refractivity contribution in [2.45, 2.75) is 11.4 Å². The average molecular weight is 378 g/mol. The fourth-order valence-corrected chi connectivity index (χ4v) is 2.55. The lowest BCUT2D eigenvalue weighted by atomic mass is 10.2. The van der Waals surface area contributed by atoms with Crippen molar-refractivity contribution >= 4 is 36.0 Å². The number of rotatable bonds is 8. The summed E-state index contributed by atoms with van der Waals surface area (Å²) >= 11 is 1.56. The van der Waals surface area contributed by atoms with Crippen LogP contribution in [0, 0.1) is 0 Å². The van der Waals surface area contributed by atoms with Gasteiger partial charge in [-0.1, -0.05) is 0 Å². The molecule has 0 aliphatic heterocycles. The van der Waals surface area contributed by atoms with Gasteiger partial charge < -0.3 is 25.4 Å². The molecule has 1 aromatic rings. The van der Waals surface area contributed by atoms with Crippen molar-refractivity contribution in [1.29, 1.82) is 0 Å². The van der Waals surface area contributed by atoms with Gasteiger partial charge in [0.25, 0.3) is 0 Å². The molecule has 3 N–H and O–H groups in total. The van der Waals surface area contributed by atoms with Crippen LogP contribution in [0.4, 0.5) is 0 Å². The molecule has 0 fully saturated rings. The lowest BCUT2D eigenvalue weighted by Crippen LogP contribution is -2.40. The quantitative estimate of drug-likeness (QED) is 0.653. The van der Waals surface area contributed by atoms with Crippen molar-refractivity contribution in [3.63, 3.8) is 0 Å². The van der Waals surface area contributed by atoms with E-state index < -0.39 is 0 Å². The summed E-state index contributed by atoms with van der Waals surface area (Å²) in [6.07, 6.45) is 1.95. The van der Waals surface area contributed by atoms with Crippen molar-refractivity contribution in [2.24, 2.45) is 5.73 Å². The number of ether oxygens (including phenoxy) is 2. The Morgan fingerprint density at radius 2 is 1.83 bits per heavy atom. The number of hydrogen-bond acceptors (Lipinski definition) is 6. The molecule has 0 bridgehead atoms. The minimum Gasteiger partial charge on any atom is -0.493 e. The number of nitrogens with zero attached hydrogens (tertiary/aromatic N) is 1. The van der Waals surface area contributed by atoms with Gasteiger partial charge in [0.2, 0.25) is 11.8 Å². The zero-order valence-corrected chi connectivity index (χ0v) is 15.9. The minimum atomic E-state index is -0.359. The Kier molecular flexibility index (Phi) is 10.3. The topological polar surface area (TPSA) is 93.9 Å². The summed E-state index contributed by atoms with van der Waals surface area (Å²) in [6, 6.07) is 3.74. The van der Waals surface area contributed by atoms with Gasteiger partial charge in [0.15, 0.2) is 11.5 Å². The van der Waals surface area contributed by atoms with Crippen LogP contribution in [0.15, 0.2) is 17.0 Å². The van der Waals surface area contributed by atoms with Crippen LogP contribution in [0.5, 0.6) is 11.5 Å². The second-order valence-electron chi connectivity index (χ2n) is 4.75. The van der Waals surface area contributed by atoms with E-state index in [4.69, 9.17) is 15.2 Å². The van der Waals surface area contributed by atoms with Gasteiger partial charge in [0.1, 0.15) is 0 Å². The maximum atomic E-state index is 12.1. The van der Waals surface area contributed by atoms with E-state index >= 15 is 0 Å². The molecular formula is C15H24ClN3O4S. The highest BCUT2D eigenvalue weighted by atomic mass is 35.5. The van der Waals surface area contributed by atoms with E-state index in [1.165, 1.54) is 4.90 Å². The van der Waals surface area contributed by atoms with Gasteiger partial charge in [0, 0.05) is 18.5 Å². The largest absolute Gasteiger partial charge is 0.493 e. The zero-order valence-electron chi connectivity index (χ0n) is 14.3. The normalized spacial score (nSPS) is 9.71. The van der Waals surface area contributed by atoms with Crippen molar-refractivity contribution in [2.75, 3.05) is 40.6 Å². The molecule has 136 valence electrons. The highest BCUT2D eigenvalue weighted by Crippen LogP contribution is 2.35. The Morgan fingerprint density at radius 3 is 2.33 bits per heavy atom. The second kappa shape index (κ2) is 11.0. The van der Waals surface area contributed by atoms with Crippen molar-refractivity contribution in [1.82, 2.24) is 10.2 Å².